The molecule has 0 fully saturated rings. The quantitative estimate of drug-likeness (QED) is 0.173. The number of alkyl halides is 3. The summed E-state index contributed by atoms with van der Waals surface area (Å²) in [6, 6.07) is 53.6. The second kappa shape index (κ2) is 13.3. The first-order chi connectivity index (χ1) is 26.3. The van der Waals surface area contributed by atoms with E-state index in [0.717, 1.165) is 55.8 Å². The lowest BCUT2D eigenvalue weighted by atomic mass is 9.96. The Morgan fingerprint density at radius 1 is 0.426 bits per heavy atom. The third-order valence-electron chi connectivity index (χ3n) is 9.83. The molecule has 4 nitrogen and oxygen atoms in total. The van der Waals surface area contributed by atoms with Gasteiger partial charge in [-0.3, -0.25) is 0 Å². The van der Waals surface area contributed by atoms with Gasteiger partial charge in [0, 0.05) is 33.2 Å². The zero-order valence-electron chi connectivity index (χ0n) is 29.1. The normalized spacial score (nSPS) is 11.7. The van der Waals surface area contributed by atoms with Crippen LogP contribution in [0.15, 0.2) is 170 Å². The topological polar surface area (TPSA) is 43.6 Å². The maximum atomic E-state index is 14.1. The number of aromatic nitrogens is 4. The molecule has 0 radical (unpaired) electrons. The predicted octanol–water partition coefficient (Wildman–Crippen LogP) is 12.6. The standard InChI is InChI=1S/C47H31F3N4/c1-30-13-8-9-20-37(30)34-23-25-40-39-21-10-11-22-42(39)54(43(40)28-34)36-24-26-38(33-18-12-19-35(27-33)47(48,49)50)41(29-36)46-52-44(31-14-4-2-5-15-31)51-45(53-46)32-16-6-3-7-17-32/h2-29H,1H3. The van der Waals surface area contributed by atoms with Crippen LogP contribution in [0.2, 0.25) is 0 Å². The van der Waals surface area contributed by atoms with Crippen LogP contribution in [0.4, 0.5) is 13.2 Å². The third-order valence-corrected chi connectivity index (χ3v) is 9.83. The average molecular weight is 709 g/mol. The number of para-hydroxylation sites is 1. The lowest BCUT2D eigenvalue weighted by molar-refractivity contribution is -0.137. The number of hydrogen-bond acceptors (Lipinski definition) is 3. The van der Waals surface area contributed by atoms with Gasteiger partial charge in [-0.1, -0.05) is 133 Å². The van der Waals surface area contributed by atoms with Crippen LogP contribution >= 0.6 is 0 Å². The molecule has 9 aromatic rings. The van der Waals surface area contributed by atoms with Gasteiger partial charge < -0.3 is 4.57 Å². The van der Waals surface area contributed by atoms with Gasteiger partial charge >= 0.3 is 6.18 Å². The molecule has 0 bridgehead atoms. The molecule has 2 aromatic heterocycles. The molecule has 0 aliphatic heterocycles. The molecule has 0 amide bonds. The van der Waals surface area contributed by atoms with Gasteiger partial charge in [-0.05, 0) is 71.1 Å². The first-order valence-electron chi connectivity index (χ1n) is 17.6. The smallest absolute Gasteiger partial charge is 0.309 e. The van der Waals surface area contributed by atoms with Crippen molar-refractivity contribution < 1.29 is 13.2 Å². The lowest BCUT2D eigenvalue weighted by Crippen LogP contribution is -2.05. The number of hydrogen-bond donors (Lipinski definition) is 0. The monoisotopic (exact) mass is 708 g/mol. The molecule has 0 spiro atoms. The predicted molar refractivity (Wildman–Crippen MR) is 211 cm³/mol. The minimum absolute atomic E-state index is 0.346. The van der Waals surface area contributed by atoms with Crippen molar-refractivity contribution in [2.24, 2.45) is 0 Å². The van der Waals surface area contributed by atoms with Gasteiger partial charge in [0.1, 0.15) is 0 Å². The van der Waals surface area contributed by atoms with Crippen molar-refractivity contribution in [3.63, 3.8) is 0 Å². The minimum atomic E-state index is -4.51. The number of rotatable bonds is 6. The number of benzene rings is 7. The van der Waals surface area contributed by atoms with Crippen LogP contribution in [0, 0.1) is 6.92 Å². The lowest BCUT2D eigenvalue weighted by Gasteiger charge is -2.16. The van der Waals surface area contributed by atoms with E-state index in [4.69, 9.17) is 15.0 Å². The highest BCUT2D eigenvalue weighted by atomic mass is 19.4. The Labute approximate surface area is 309 Å². The van der Waals surface area contributed by atoms with Crippen LogP contribution in [-0.4, -0.2) is 19.5 Å². The summed E-state index contributed by atoms with van der Waals surface area (Å²) in [5.74, 6) is 1.26. The molecule has 0 unspecified atom stereocenters. The number of nitrogens with zero attached hydrogens (tertiary/aromatic N) is 4. The molecule has 7 heteroatoms. The molecule has 0 N–H and O–H groups in total. The van der Waals surface area contributed by atoms with E-state index in [9.17, 15) is 13.2 Å². The molecule has 54 heavy (non-hydrogen) atoms. The SMILES string of the molecule is Cc1ccccc1-c1ccc2c3ccccc3n(-c3ccc(-c4cccc(C(F)(F)F)c4)c(-c4nc(-c5ccccc5)nc(-c5ccccc5)n4)c3)c2c1. The largest absolute Gasteiger partial charge is 0.416 e. The van der Waals surface area contributed by atoms with Crippen molar-refractivity contribution in [2.45, 2.75) is 13.1 Å². The van der Waals surface area contributed by atoms with Gasteiger partial charge in [-0.25, -0.2) is 15.0 Å². The summed E-state index contributed by atoms with van der Waals surface area (Å²) >= 11 is 0. The zero-order chi connectivity index (χ0) is 36.8. The fraction of sp³-hybridized carbons (Fsp3) is 0.0426. The van der Waals surface area contributed by atoms with Crippen molar-refractivity contribution in [3.8, 4) is 62.1 Å². The van der Waals surface area contributed by atoms with Crippen LogP contribution in [0.25, 0.3) is 83.9 Å². The summed E-state index contributed by atoms with van der Waals surface area (Å²) in [7, 11) is 0. The van der Waals surface area contributed by atoms with Crippen molar-refractivity contribution in [3.05, 3.63) is 181 Å². The van der Waals surface area contributed by atoms with Crippen LogP contribution in [0.5, 0.6) is 0 Å². The molecule has 7 aromatic carbocycles. The van der Waals surface area contributed by atoms with E-state index in [0.29, 0.717) is 34.2 Å². The third kappa shape index (κ3) is 5.99. The van der Waals surface area contributed by atoms with Crippen molar-refractivity contribution in [1.29, 1.82) is 0 Å². The maximum absolute atomic E-state index is 14.1. The van der Waals surface area contributed by atoms with E-state index < -0.39 is 11.7 Å². The molecule has 0 atom stereocenters. The summed E-state index contributed by atoms with van der Waals surface area (Å²) in [5, 5.41) is 2.18. The molecule has 0 aliphatic carbocycles. The summed E-state index contributed by atoms with van der Waals surface area (Å²) in [6.07, 6.45) is -4.51. The minimum Gasteiger partial charge on any atom is -0.309 e. The van der Waals surface area contributed by atoms with E-state index in [1.807, 2.05) is 103 Å². The maximum Gasteiger partial charge on any atom is 0.416 e. The van der Waals surface area contributed by atoms with Crippen molar-refractivity contribution >= 4 is 21.8 Å². The van der Waals surface area contributed by atoms with Crippen LogP contribution < -0.4 is 0 Å². The fourth-order valence-corrected chi connectivity index (χ4v) is 7.21. The first kappa shape index (κ1) is 33.0. The zero-order valence-corrected chi connectivity index (χ0v) is 29.1. The van der Waals surface area contributed by atoms with Gasteiger partial charge in [-0.2, -0.15) is 13.2 Å². The van der Waals surface area contributed by atoms with E-state index in [1.165, 1.54) is 17.7 Å². The molecular weight excluding hydrogens is 678 g/mol. The summed E-state index contributed by atoms with van der Waals surface area (Å²) in [6.45, 7) is 2.11. The fourth-order valence-electron chi connectivity index (χ4n) is 7.21. The molecule has 0 saturated carbocycles. The summed E-state index contributed by atoms with van der Waals surface area (Å²) in [4.78, 5) is 14.9. The molecular formula is C47H31F3N4. The highest BCUT2D eigenvalue weighted by molar-refractivity contribution is 6.10. The molecule has 260 valence electrons. The Kier molecular flexibility index (Phi) is 8.12. The van der Waals surface area contributed by atoms with Gasteiger partial charge in [-0.15, -0.1) is 0 Å². The van der Waals surface area contributed by atoms with E-state index >= 15 is 0 Å². The summed E-state index contributed by atoms with van der Waals surface area (Å²) < 4.78 is 44.4. The van der Waals surface area contributed by atoms with Gasteiger partial charge in [0.15, 0.2) is 17.5 Å². The number of fused-ring (bicyclic) bond motifs is 3. The highest BCUT2D eigenvalue weighted by Crippen LogP contribution is 2.40. The Hall–Kier alpha value is -6.86. The molecule has 2 heterocycles. The first-order valence-corrected chi connectivity index (χ1v) is 17.6. The van der Waals surface area contributed by atoms with Crippen LogP contribution in [-0.2, 0) is 6.18 Å². The average Bonchev–Trinajstić information content (AvgIpc) is 3.54. The van der Waals surface area contributed by atoms with E-state index in [-0.39, 0.29) is 0 Å². The van der Waals surface area contributed by atoms with Crippen molar-refractivity contribution in [1.82, 2.24) is 19.5 Å². The summed E-state index contributed by atoms with van der Waals surface area (Å²) in [5.41, 5.74) is 8.61. The highest BCUT2D eigenvalue weighted by Gasteiger charge is 2.31. The van der Waals surface area contributed by atoms with Crippen molar-refractivity contribution in [2.75, 3.05) is 0 Å². The van der Waals surface area contributed by atoms with Gasteiger partial charge in [0.25, 0.3) is 0 Å². The molecule has 0 saturated heterocycles. The van der Waals surface area contributed by atoms with Gasteiger partial charge in [0.2, 0.25) is 0 Å². The van der Waals surface area contributed by atoms with Gasteiger partial charge in [0.05, 0.1) is 16.6 Å². The molecule has 9 rings (SSSR count). The number of aryl methyl sites for hydroxylation is 1. The molecule has 0 aliphatic rings. The Balaban J connectivity index is 1.34. The Morgan fingerprint density at radius 2 is 1.02 bits per heavy atom. The Morgan fingerprint density at radius 3 is 1.72 bits per heavy atom. The second-order valence-electron chi connectivity index (χ2n) is 13.2. The second-order valence-corrected chi connectivity index (χ2v) is 13.2. The van der Waals surface area contributed by atoms with E-state index in [1.54, 1.807) is 6.07 Å². The van der Waals surface area contributed by atoms with Crippen LogP contribution in [0.1, 0.15) is 11.1 Å². The number of halogens is 3. The van der Waals surface area contributed by atoms with Crippen LogP contribution in [0.3, 0.4) is 0 Å². The Bertz CT molecular complexity index is 2770. The van der Waals surface area contributed by atoms with E-state index in [2.05, 4.69) is 54.0 Å².